The van der Waals surface area contributed by atoms with Crippen molar-refractivity contribution < 1.29 is 9.59 Å². The Kier molecular flexibility index (Phi) is 3.81. The number of nitriles is 1. The van der Waals surface area contributed by atoms with Crippen molar-refractivity contribution >= 4 is 17.5 Å². The Morgan fingerprint density at radius 1 is 1.53 bits per heavy atom. The first-order valence-corrected chi connectivity index (χ1v) is 6.14. The second-order valence-electron chi connectivity index (χ2n) is 4.57. The number of aryl methyl sites for hydroxylation is 1. The Hall–Kier alpha value is -2.35. The van der Waals surface area contributed by atoms with Gasteiger partial charge >= 0.3 is 0 Å². The maximum absolute atomic E-state index is 12.0. The molecule has 1 atom stereocenters. The number of hydrogen-bond donors (Lipinski definition) is 1. The standard InChI is InChI=1S/C14H15N3O2/c1-10-4-2-3-5-12(10)17-9-11(8-13(17)18)14(19)16-7-6-15/h2-5,11H,7-9H2,1H3,(H,16,19). The van der Waals surface area contributed by atoms with E-state index < -0.39 is 0 Å². The molecule has 1 saturated heterocycles. The van der Waals surface area contributed by atoms with E-state index in [-0.39, 0.29) is 30.7 Å². The molecule has 0 bridgehead atoms. The largest absolute Gasteiger partial charge is 0.343 e. The van der Waals surface area contributed by atoms with Gasteiger partial charge in [-0.15, -0.1) is 0 Å². The lowest BCUT2D eigenvalue weighted by atomic mass is 10.1. The molecular formula is C14H15N3O2. The molecule has 19 heavy (non-hydrogen) atoms. The summed E-state index contributed by atoms with van der Waals surface area (Å²) in [5, 5.41) is 10.9. The molecule has 0 radical (unpaired) electrons. The number of nitrogens with zero attached hydrogens (tertiary/aromatic N) is 2. The van der Waals surface area contributed by atoms with Crippen molar-refractivity contribution in [1.82, 2.24) is 5.32 Å². The Morgan fingerprint density at radius 3 is 2.95 bits per heavy atom. The molecule has 0 saturated carbocycles. The number of para-hydroxylation sites is 1. The Balaban J connectivity index is 2.10. The van der Waals surface area contributed by atoms with E-state index in [0.29, 0.717) is 6.54 Å². The summed E-state index contributed by atoms with van der Waals surface area (Å²) in [7, 11) is 0. The summed E-state index contributed by atoms with van der Waals surface area (Å²) in [6, 6.07) is 9.46. The Morgan fingerprint density at radius 2 is 2.26 bits per heavy atom. The highest BCUT2D eigenvalue weighted by molar-refractivity contribution is 6.00. The highest BCUT2D eigenvalue weighted by Gasteiger charge is 2.35. The van der Waals surface area contributed by atoms with Gasteiger partial charge in [0.05, 0.1) is 12.0 Å². The van der Waals surface area contributed by atoms with Crippen LogP contribution in [0, 0.1) is 24.2 Å². The molecule has 1 heterocycles. The predicted octanol–water partition coefficient (Wildman–Crippen LogP) is 0.988. The normalized spacial score (nSPS) is 18.2. The van der Waals surface area contributed by atoms with Crippen LogP contribution in [0.2, 0.25) is 0 Å². The summed E-state index contributed by atoms with van der Waals surface area (Å²) in [5.74, 6) is -0.655. The summed E-state index contributed by atoms with van der Waals surface area (Å²) in [4.78, 5) is 25.4. The van der Waals surface area contributed by atoms with E-state index in [4.69, 9.17) is 5.26 Å². The summed E-state index contributed by atoms with van der Waals surface area (Å²) < 4.78 is 0. The molecule has 1 aromatic rings. The maximum atomic E-state index is 12.0. The van der Waals surface area contributed by atoms with Gasteiger partial charge < -0.3 is 10.2 Å². The lowest BCUT2D eigenvalue weighted by Gasteiger charge is -2.18. The zero-order valence-electron chi connectivity index (χ0n) is 10.7. The van der Waals surface area contributed by atoms with Gasteiger partial charge in [-0.1, -0.05) is 18.2 Å². The predicted molar refractivity (Wildman–Crippen MR) is 70.3 cm³/mol. The minimum Gasteiger partial charge on any atom is -0.343 e. The van der Waals surface area contributed by atoms with Crippen LogP contribution < -0.4 is 10.2 Å². The van der Waals surface area contributed by atoms with Crippen molar-refractivity contribution in [2.75, 3.05) is 18.0 Å². The molecule has 0 aromatic heterocycles. The van der Waals surface area contributed by atoms with Crippen molar-refractivity contribution in [3.8, 4) is 6.07 Å². The minimum atomic E-state index is -0.375. The zero-order valence-corrected chi connectivity index (χ0v) is 10.7. The Bertz CT molecular complexity index is 548. The molecule has 0 aliphatic carbocycles. The smallest absolute Gasteiger partial charge is 0.227 e. The molecule has 1 aliphatic rings. The van der Waals surface area contributed by atoms with Gasteiger partial charge in [-0.3, -0.25) is 9.59 Å². The third-order valence-electron chi connectivity index (χ3n) is 3.24. The minimum absolute atomic E-state index is 0.0200. The van der Waals surface area contributed by atoms with Crippen molar-refractivity contribution in [3.05, 3.63) is 29.8 Å². The first kappa shape index (κ1) is 13.1. The van der Waals surface area contributed by atoms with Gasteiger partial charge in [0.15, 0.2) is 0 Å². The van der Waals surface area contributed by atoms with Gasteiger partial charge in [0.25, 0.3) is 0 Å². The van der Waals surface area contributed by atoms with Crippen molar-refractivity contribution in [2.24, 2.45) is 5.92 Å². The van der Waals surface area contributed by atoms with Crippen LogP contribution in [0.5, 0.6) is 0 Å². The zero-order chi connectivity index (χ0) is 13.8. The highest BCUT2D eigenvalue weighted by atomic mass is 16.2. The van der Waals surface area contributed by atoms with Crippen LogP contribution in [0.15, 0.2) is 24.3 Å². The van der Waals surface area contributed by atoms with E-state index in [0.717, 1.165) is 11.3 Å². The van der Waals surface area contributed by atoms with E-state index in [1.807, 2.05) is 37.3 Å². The average molecular weight is 257 g/mol. The molecule has 1 unspecified atom stereocenters. The molecular weight excluding hydrogens is 242 g/mol. The molecule has 2 rings (SSSR count). The fourth-order valence-corrected chi connectivity index (χ4v) is 2.25. The number of nitrogens with one attached hydrogen (secondary N) is 1. The van der Waals surface area contributed by atoms with Gasteiger partial charge in [-0.2, -0.15) is 5.26 Å². The monoisotopic (exact) mass is 257 g/mol. The maximum Gasteiger partial charge on any atom is 0.227 e. The number of rotatable bonds is 3. The molecule has 1 aromatic carbocycles. The van der Waals surface area contributed by atoms with Crippen LogP contribution in [-0.4, -0.2) is 24.9 Å². The molecule has 1 aliphatic heterocycles. The van der Waals surface area contributed by atoms with Crippen LogP contribution in [0.25, 0.3) is 0 Å². The lowest BCUT2D eigenvalue weighted by molar-refractivity contribution is -0.126. The molecule has 98 valence electrons. The molecule has 0 spiro atoms. The Labute approximate surface area is 111 Å². The number of carbonyl (C=O) groups is 2. The second kappa shape index (κ2) is 5.53. The number of carbonyl (C=O) groups excluding carboxylic acids is 2. The van der Waals surface area contributed by atoms with Crippen molar-refractivity contribution in [3.63, 3.8) is 0 Å². The van der Waals surface area contributed by atoms with Crippen LogP contribution in [-0.2, 0) is 9.59 Å². The van der Waals surface area contributed by atoms with E-state index in [1.54, 1.807) is 4.90 Å². The van der Waals surface area contributed by atoms with E-state index in [1.165, 1.54) is 0 Å². The third kappa shape index (κ3) is 2.74. The lowest BCUT2D eigenvalue weighted by Crippen LogP contribution is -2.33. The van der Waals surface area contributed by atoms with Gasteiger partial charge in [0.2, 0.25) is 11.8 Å². The highest BCUT2D eigenvalue weighted by Crippen LogP contribution is 2.27. The summed E-state index contributed by atoms with van der Waals surface area (Å²) >= 11 is 0. The van der Waals surface area contributed by atoms with Crippen molar-refractivity contribution in [2.45, 2.75) is 13.3 Å². The van der Waals surface area contributed by atoms with Gasteiger partial charge in [-0.25, -0.2) is 0 Å². The quantitative estimate of drug-likeness (QED) is 0.820. The average Bonchev–Trinajstić information content (AvgIpc) is 2.78. The van der Waals surface area contributed by atoms with Gasteiger partial charge in [0.1, 0.15) is 6.54 Å². The second-order valence-corrected chi connectivity index (χ2v) is 4.57. The first-order chi connectivity index (χ1) is 9.13. The fraction of sp³-hybridized carbons (Fsp3) is 0.357. The van der Waals surface area contributed by atoms with Crippen molar-refractivity contribution in [1.29, 1.82) is 5.26 Å². The summed E-state index contributed by atoms with van der Waals surface area (Å²) in [6.45, 7) is 2.29. The van der Waals surface area contributed by atoms with E-state index in [9.17, 15) is 9.59 Å². The SMILES string of the molecule is Cc1ccccc1N1CC(C(=O)NCC#N)CC1=O. The topological polar surface area (TPSA) is 73.2 Å². The number of anilines is 1. The van der Waals surface area contributed by atoms with Gasteiger partial charge in [-0.05, 0) is 18.6 Å². The summed E-state index contributed by atoms with van der Waals surface area (Å²) in [5.41, 5.74) is 1.86. The summed E-state index contributed by atoms with van der Waals surface area (Å²) in [6.07, 6.45) is 0.200. The molecule has 1 N–H and O–H groups in total. The van der Waals surface area contributed by atoms with Crippen LogP contribution in [0.4, 0.5) is 5.69 Å². The van der Waals surface area contributed by atoms with E-state index in [2.05, 4.69) is 5.32 Å². The first-order valence-electron chi connectivity index (χ1n) is 6.14. The fourth-order valence-electron chi connectivity index (χ4n) is 2.25. The van der Waals surface area contributed by atoms with Gasteiger partial charge in [0, 0.05) is 18.7 Å². The van der Waals surface area contributed by atoms with Crippen LogP contribution in [0.3, 0.4) is 0 Å². The van der Waals surface area contributed by atoms with E-state index >= 15 is 0 Å². The van der Waals surface area contributed by atoms with Crippen LogP contribution in [0.1, 0.15) is 12.0 Å². The van der Waals surface area contributed by atoms with Crippen LogP contribution >= 0.6 is 0 Å². The molecule has 5 heteroatoms. The third-order valence-corrected chi connectivity index (χ3v) is 3.24. The number of amides is 2. The molecule has 2 amide bonds. The molecule has 5 nitrogen and oxygen atoms in total. The number of benzene rings is 1. The molecule has 1 fully saturated rings. The number of hydrogen-bond acceptors (Lipinski definition) is 3.